The van der Waals surface area contributed by atoms with Gasteiger partial charge >= 0.3 is 0 Å². The Labute approximate surface area is 120 Å². The van der Waals surface area contributed by atoms with Gasteiger partial charge in [0.25, 0.3) is 5.91 Å². The molecule has 0 aromatic heterocycles. The van der Waals surface area contributed by atoms with Crippen LogP contribution in [0.1, 0.15) is 27.6 Å². The second-order valence-corrected chi connectivity index (χ2v) is 4.59. The lowest BCUT2D eigenvalue weighted by Gasteiger charge is -2.10. The minimum atomic E-state index is -0.518. The van der Waals surface area contributed by atoms with E-state index in [1.807, 2.05) is 0 Å². The molecule has 0 fully saturated rings. The summed E-state index contributed by atoms with van der Waals surface area (Å²) < 4.78 is 12.9. The molecule has 0 saturated heterocycles. The summed E-state index contributed by atoms with van der Waals surface area (Å²) in [6, 6.07) is 10.1. The fourth-order valence-electron chi connectivity index (χ4n) is 1.76. The number of carbonyl (C=O) groups is 2. The van der Waals surface area contributed by atoms with E-state index in [9.17, 15) is 14.0 Å². The van der Waals surface area contributed by atoms with Crippen LogP contribution in [0.5, 0.6) is 0 Å². The van der Waals surface area contributed by atoms with E-state index in [-0.39, 0.29) is 16.4 Å². The van der Waals surface area contributed by atoms with E-state index in [1.165, 1.54) is 13.0 Å². The predicted molar refractivity (Wildman–Crippen MR) is 75.8 cm³/mol. The monoisotopic (exact) mass is 291 g/mol. The van der Waals surface area contributed by atoms with Crippen molar-refractivity contribution in [2.75, 3.05) is 5.32 Å². The highest BCUT2D eigenvalue weighted by Crippen LogP contribution is 2.21. The van der Waals surface area contributed by atoms with E-state index in [0.29, 0.717) is 11.3 Å². The van der Waals surface area contributed by atoms with Crippen LogP contribution in [0.25, 0.3) is 0 Å². The number of halogens is 2. The molecular weight excluding hydrogens is 281 g/mol. The summed E-state index contributed by atoms with van der Waals surface area (Å²) in [5, 5.41) is 2.62. The smallest absolute Gasteiger partial charge is 0.257 e. The zero-order valence-corrected chi connectivity index (χ0v) is 11.4. The molecule has 20 heavy (non-hydrogen) atoms. The number of benzene rings is 2. The highest BCUT2D eigenvalue weighted by atomic mass is 35.5. The summed E-state index contributed by atoms with van der Waals surface area (Å²) in [7, 11) is 0. The van der Waals surface area contributed by atoms with Crippen molar-refractivity contribution in [1.29, 1.82) is 0 Å². The molecule has 0 aliphatic rings. The Bertz CT molecular complexity index is 685. The van der Waals surface area contributed by atoms with Crippen molar-refractivity contribution in [3.05, 3.63) is 64.4 Å². The molecule has 0 atom stereocenters. The van der Waals surface area contributed by atoms with Crippen LogP contribution in [-0.4, -0.2) is 11.7 Å². The van der Waals surface area contributed by atoms with E-state index in [0.717, 1.165) is 12.1 Å². The molecule has 102 valence electrons. The topological polar surface area (TPSA) is 46.2 Å². The zero-order chi connectivity index (χ0) is 14.7. The van der Waals surface area contributed by atoms with E-state index < -0.39 is 11.7 Å². The highest BCUT2D eigenvalue weighted by molar-refractivity contribution is 6.34. The van der Waals surface area contributed by atoms with Gasteiger partial charge in [-0.1, -0.05) is 23.7 Å². The summed E-state index contributed by atoms with van der Waals surface area (Å²) in [5.74, 6) is -1.18. The number of amides is 1. The van der Waals surface area contributed by atoms with Crippen molar-refractivity contribution in [2.24, 2.45) is 0 Å². The van der Waals surface area contributed by atoms with Crippen LogP contribution in [0, 0.1) is 5.82 Å². The number of carbonyl (C=O) groups excluding carboxylic acids is 2. The van der Waals surface area contributed by atoms with Gasteiger partial charge in [-0.2, -0.15) is 0 Å². The molecule has 2 aromatic rings. The normalized spacial score (nSPS) is 10.2. The van der Waals surface area contributed by atoms with Crippen molar-refractivity contribution < 1.29 is 14.0 Å². The van der Waals surface area contributed by atoms with Crippen LogP contribution in [0.2, 0.25) is 5.02 Å². The standard InChI is InChI=1S/C15H11ClFNO2/c1-9(19)11-4-2-3-5-14(11)18-15(20)12-7-6-10(17)8-13(12)16/h2-8H,1H3,(H,18,20). The molecule has 0 saturated carbocycles. The minimum Gasteiger partial charge on any atom is -0.321 e. The van der Waals surface area contributed by atoms with Gasteiger partial charge in [-0.25, -0.2) is 4.39 Å². The molecule has 1 N–H and O–H groups in total. The molecule has 0 aliphatic carbocycles. The Kier molecular flexibility index (Phi) is 4.15. The summed E-state index contributed by atoms with van der Waals surface area (Å²) >= 11 is 5.83. The lowest BCUT2D eigenvalue weighted by molar-refractivity contribution is 0.101. The lowest BCUT2D eigenvalue weighted by atomic mass is 10.1. The maximum absolute atomic E-state index is 12.9. The average Bonchev–Trinajstić information content (AvgIpc) is 2.38. The van der Waals surface area contributed by atoms with Gasteiger partial charge in [-0.3, -0.25) is 9.59 Å². The van der Waals surface area contributed by atoms with Gasteiger partial charge in [0.05, 0.1) is 16.3 Å². The fraction of sp³-hybridized carbons (Fsp3) is 0.0667. The first-order valence-electron chi connectivity index (χ1n) is 5.85. The van der Waals surface area contributed by atoms with Gasteiger partial charge in [-0.05, 0) is 37.3 Å². The number of hydrogen-bond acceptors (Lipinski definition) is 2. The van der Waals surface area contributed by atoms with Crippen LogP contribution in [0.4, 0.5) is 10.1 Å². The first-order valence-corrected chi connectivity index (χ1v) is 6.23. The van der Waals surface area contributed by atoms with Gasteiger partial charge in [-0.15, -0.1) is 0 Å². The van der Waals surface area contributed by atoms with Gasteiger partial charge < -0.3 is 5.32 Å². The third-order valence-electron chi connectivity index (χ3n) is 2.73. The first-order chi connectivity index (χ1) is 9.49. The van der Waals surface area contributed by atoms with Crippen molar-refractivity contribution in [1.82, 2.24) is 0 Å². The molecule has 3 nitrogen and oxygen atoms in total. The molecule has 5 heteroatoms. The number of ketones is 1. The van der Waals surface area contributed by atoms with Gasteiger partial charge in [0.15, 0.2) is 5.78 Å². The van der Waals surface area contributed by atoms with Crippen molar-refractivity contribution in [3.8, 4) is 0 Å². The molecule has 2 rings (SSSR count). The van der Waals surface area contributed by atoms with Crippen LogP contribution < -0.4 is 5.32 Å². The average molecular weight is 292 g/mol. The first kappa shape index (κ1) is 14.2. The maximum Gasteiger partial charge on any atom is 0.257 e. The summed E-state index contributed by atoms with van der Waals surface area (Å²) in [6.45, 7) is 1.41. The second-order valence-electron chi connectivity index (χ2n) is 4.18. The van der Waals surface area contributed by atoms with Crippen molar-refractivity contribution >= 4 is 29.0 Å². The quantitative estimate of drug-likeness (QED) is 0.871. The van der Waals surface area contributed by atoms with Crippen molar-refractivity contribution in [3.63, 3.8) is 0 Å². The number of nitrogens with one attached hydrogen (secondary N) is 1. The molecule has 0 heterocycles. The summed E-state index contributed by atoms with van der Waals surface area (Å²) in [6.07, 6.45) is 0. The van der Waals surface area contributed by atoms with Crippen LogP contribution in [0.15, 0.2) is 42.5 Å². The van der Waals surface area contributed by atoms with Crippen molar-refractivity contribution in [2.45, 2.75) is 6.92 Å². The second kappa shape index (κ2) is 5.84. The van der Waals surface area contributed by atoms with Crippen LogP contribution in [0.3, 0.4) is 0 Å². The molecule has 0 unspecified atom stereocenters. The van der Waals surface area contributed by atoms with Crippen LogP contribution in [-0.2, 0) is 0 Å². The lowest BCUT2D eigenvalue weighted by Crippen LogP contribution is -2.14. The van der Waals surface area contributed by atoms with Crippen LogP contribution >= 0.6 is 11.6 Å². The van der Waals surface area contributed by atoms with Gasteiger partial charge in [0.2, 0.25) is 0 Å². The Morgan fingerprint density at radius 1 is 1.10 bits per heavy atom. The number of hydrogen-bond donors (Lipinski definition) is 1. The largest absolute Gasteiger partial charge is 0.321 e. The Morgan fingerprint density at radius 3 is 2.45 bits per heavy atom. The van der Waals surface area contributed by atoms with E-state index in [1.54, 1.807) is 24.3 Å². The summed E-state index contributed by atoms with van der Waals surface area (Å²) in [4.78, 5) is 23.6. The Hall–Kier alpha value is -2.20. The number of Topliss-reactive ketones (excluding diaryl/α,β-unsaturated/α-hetero) is 1. The molecule has 1 amide bonds. The van der Waals surface area contributed by atoms with Gasteiger partial charge in [0, 0.05) is 5.56 Å². The maximum atomic E-state index is 12.9. The van der Waals surface area contributed by atoms with E-state index in [4.69, 9.17) is 11.6 Å². The third-order valence-corrected chi connectivity index (χ3v) is 3.04. The molecule has 0 aliphatic heterocycles. The number of rotatable bonds is 3. The molecule has 0 bridgehead atoms. The summed E-state index contributed by atoms with van der Waals surface area (Å²) in [5.41, 5.74) is 0.941. The number of para-hydroxylation sites is 1. The SMILES string of the molecule is CC(=O)c1ccccc1NC(=O)c1ccc(F)cc1Cl. The predicted octanol–water partition coefficient (Wildman–Crippen LogP) is 3.93. The molecule has 0 radical (unpaired) electrons. The minimum absolute atomic E-state index is 0.0165. The molecular formula is C15H11ClFNO2. The highest BCUT2D eigenvalue weighted by Gasteiger charge is 2.14. The molecule has 0 spiro atoms. The zero-order valence-electron chi connectivity index (χ0n) is 10.6. The fourth-order valence-corrected chi connectivity index (χ4v) is 2.02. The Morgan fingerprint density at radius 2 is 1.80 bits per heavy atom. The van der Waals surface area contributed by atoms with E-state index >= 15 is 0 Å². The molecule has 2 aromatic carbocycles. The third kappa shape index (κ3) is 3.03. The van der Waals surface area contributed by atoms with E-state index in [2.05, 4.69) is 5.32 Å². The van der Waals surface area contributed by atoms with Gasteiger partial charge in [0.1, 0.15) is 5.82 Å². The Balaban J connectivity index is 2.30. The number of anilines is 1.